The SMILES string of the molecule is CCC1CC(C(=O)NCC(=O)NC)CCO1. The highest BCUT2D eigenvalue weighted by Gasteiger charge is 2.26. The molecular formula is C11H20N2O3. The van der Waals surface area contributed by atoms with E-state index in [4.69, 9.17) is 4.74 Å². The van der Waals surface area contributed by atoms with Crippen LogP contribution in [0.1, 0.15) is 26.2 Å². The van der Waals surface area contributed by atoms with Crippen molar-refractivity contribution >= 4 is 11.8 Å². The lowest BCUT2D eigenvalue weighted by atomic mass is 9.93. The number of carbonyl (C=O) groups excluding carboxylic acids is 2. The summed E-state index contributed by atoms with van der Waals surface area (Å²) in [5, 5.41) is 5.11. The Morgan fingerprint density at radius 1 is 1.44 bits per heavy atom. The Kier molecular flexibility index (Phi) is 5.25. The molecule has 2 atom stereocenters. The average Bonchev–Trinajstić information content (AvgIpc) is 2.35. The van der Waals surface area contributed by atoms with Gasteiger partial charge in [0.05, 0.1) is 12.6 Å². The van der Waals surface area contributed by atoms with Gasteiger partial charge in [0.2, 0.25) is 11.8 Å². The van der Waals surface area contributed by atoms with E-state index in [1.807, 2.05) is 0 Å². The van der Waals surface area contributed by atoms with E-state index in [0.717, 1.165) is 19.3 Å². The van der Waals surface area contributed by atoms with Crippen LogP contribution in [0.25, 0.3) is 0 Å². The van der Waals surface area contributed by atoms with Gasteiger partial charge in [0.1, 0.15) is 0 Å². The van der Waals surface area contributed by atoms with Crippen LogP contribution >= 0.6 is 0 Å². The maximum absolute atomic E-state index is 11.7. The number of hydrogen-bond donors (Lipinski definition) is 2. The Labute approximate surface area is 95.9 Å². The van der Waals surface area contributed by atoms with Crippen molar-refractivity contribution in [2.75, 3.05) is 20.2 Å². The molecule has 0 aliphatic carbocycles. The summed E-state index contributed by atoms with van der Waals surface area (Å²) in [6.07, 6.45) is 2.62. The van der Waals surface area contributed by atoms with Crippen LogP contribution in [-0.4, -0.2) is 38.1 Å². The molecule has 0 aromatic rings. The summed E-state index contributed by atoms with van der Waals surface area (Å²) in [5.41, 5.74) is 0. The second-order valence-electron chi connectivity index (χ2n) is 4.01. The van der Waals surface area contributed by atoms with E-state index >= 15 is 0 Å². The minimum Gasteiger partial charge on any atom is -0.378 e. The van der Waals surface area contributed by atoms with Gasteiger partial charge in [0, 0.05) is 19.6 Å². The van der Waals surface area contributed by atoms with Crippen molar-refractivity contribution in [2.24, 2.45) is 5.92 Å². The Balaban J connectivity index is 2.32. The van der Waals surface area contributed by atoms with E-state index in [-0.39, 0.29) is 30.4 Å². The van der Waals surface area contributed by atoms with E-state index in [0.29, 0.717) is 6.61 Å². The van der Waals surface area contributed by atoms with Crippen LogP contribution < -0.4 is 10.6 Å². The zero-order valence-corrected chi connectivity index (χ0v) is 9.91. The highest BCUT2D eigenvalue weighted by Crippen LogP contribution is 2.21. The van der Waals surface area contributed by atoms with Gasteiger partial charge in [0.15, 0.2) is 0 Å². The fraction of sp³-hybridized carbons (Fsp3) is 0.818. The van der Waals surface area contributed by atoms with Gasteiger partial charge in [0.25, 0.3) is 0 Å². The van der Waals surface area contributed by atoms with Gasteiger partial charge in [-0.25, -0.2) is 0 Å². The summed E-state index contributed by atoms with van der Waals surface area (Å²) >= 11 is 0. The molecule has 5 heteroatoms. The third-order valence-electron chi connectivity index (χ3n) is 2.90. The predicted octanol–water partition coefficient (Wildman–Crippen LogP) is 0.0538. The molecule has 2 N–H and O–H groups in total. The fourth-order valence-electron chi connectivity index (χ4n) is 1.80. The molecule has 0 radical (unpaired) electrons. The Morgan fingerprint density at radius 2 is 2.19 bits per heavy atom. The number of ether oxygens (including phenoxy) is 1. The number of rotatable bonds is 4. The molecule has 16 heavy (non-hydrogen) atoms. The molecule has 1 aliphatic rings. The fourth-order valence-corrected chi connectivity index (χ4v) is 1.80. The molecule has 0 saturated carbocycles. The molecular weight excluding hydrogens is 208 g/mol. The first kappa shape index (κ1) is 13.0. The molecule has 0 aromatic carbocycles. The van der Waals surface area contributed by atoms with E-state index in [1.54, 1.807) is 7.05 Å². The quantitative estimate of drug-likeness (QED) is 0.714. The number of likely N-dealkylation sites (N-methyl/N-ethyl adjacent to an activating group) is 1. The van der Waals surface area contributed by atoms with Gasteiger partial charge in [-0.05, 0) is 19.3 Å². The van der Waals surface area contributed by atoms with Crippen LogP contribution in [0.15, 0.2) is 0 Å². The van der Waals surface area contributed by atoms with Crippen molar-refractivity contribution in [2.45, 2.75) is 32.3 Å². The van der Waals surface area contributed by atoms with E-state index < -0.39 is 0 Å². The first-order chi connectivity index (χ1) is 7.67. The molecule has 2 amide bonds. The van der Waals surface area contributed by atoms with Crippen LogP contribution in [0.5, 0.6) is 0 Å². The standard InChI is InChI=1S/C11H20N2O3/c1-3-9-6-8(4-5-16-9)11(15)13-7-10(14)12-2/h8-9H,3-7H2,1-2H3,(H,12,14)(H,13,15). The lowest BCUT2D eigenvalue weighted by molar-refractivity contribution is -0.132. The maximum atomic E-state index is 11.7. The third-order valence-corrected chi connectivity index (χ3v) is 2.90. The number of amides is 2. The van der Waals surface area contributed by atoms with Crippen LogP contribution in [0, 0.1) is 5.92 Å². The van der Waals surface area contributed by atoms with Crippen LogP contribution in [0.4, 0.5) is 0 Å². The average molecular weight is 228 g/mol. The summed E-state index contributed by atoms with van der Waals surface area (Å²) in [6.45, 7) is 2.75. The lowest BCUT2D eigenvalue weighted by Gasteiger charge is -2.27. The van der Waals surface area contributed by atoms with Crippen LogP contribution in [0.3, 0.4) is 0 Å². The highest BCUT2D eigenvalue weighted by atomic mass is 16.5. The molecule has 0 bridgehead atoms. The summed E-state index contributed by atoms with van der Waals surface area (Å²) in [4.78, 5) is 22.7. The lowest BCUT2D eigenvalue weighted by Crippen LogP contribution is -2.41. The third kappa shape index (κ3) is 3.81. The molecule has 2 unspecified atom stereocenters. The molecule has 1 rings (SSSR count). The van der Waals surface area contributed by atoms with Gasteiger partial charge >= 0.3 is 0 Å². The number of nitrogens with one attached hydrogen (secondary N) is 2. The molecule has 0 spiro atoms. The Bertz CT molecular complexity index is 256. The number of carbonyl (C=O) groups is 2. The maximum Gasteiger partial charge on any atom is 0.239 e. The van der Waals surface area contributed by atoms with E-state index in [2.05, 4.69) is 17.6 Å². The summed E-state index contributed by atoms with van der Waals surface area (Å²) in [7, 11) is 1.55. The molecule has 1 saturated heterocycles. The minimum absolute atomic E-state index is 0.0108. The highest BCUT2D eigenvalue weighted by molar-refractivity contribution is 5.85. The summed E-state index contributed by atoms with van der Waals surface area (Å²) in [5.74, 6) is -0.221. The first-order valence-corrected chi connectivity index (χ1v) is 5.77. The zero-order valence-electron chi connectivity index (χ0n) is 9.91. The van der Waals surface area contributed by atoms with Crippen molar-refractivity contribution in [3.63, 3.8) is 0 Å². The topological polar surface area (TPSA) is 67.4 Å². The smallest absolute Gasteiger partial charge is 0.239 e. The van der Waals surface area contributed by atoms with Crippen molar-refractivity contribution < 1.29 is 14.3 Å². The van der Waals surface area contributed by atoms with Crippen LogP contribution in [-0.2, 0) is 14.3 Å². The van der Waals surface area contributed by atoms with Gasteiger partial charge < -0.3 is 15.4 Å². The normalized spacial score (nSPS) is 24.9. The van der Waals surface area contributed by atoms with Gasteiger partial charge in [-0.2, -0.15) is 0 Å². The van der Waals surface area contributed by atoms with Crippen LogP contribution in [0.2, 0.25) is 0 Å². The Hall–Kier alpha value is -1.10. The van der Waals surface area contributed by atoms with E-state index in [1.165, 1.54) is 0 Å². The minimum atomic E-state index is -0.174. The van der Waals surface area contributed by atoms with Crippen molar-refractivity contribution in [3.05, 3.63) is 0 Å². The Morgan fingerprint density at radius 3 is 2.81 bits per heavy atom. The molecule has 1 heterocycles. The molecule has 1 fully saturated rings. The van der Waals surface area contributed by atoms with E-state index in [9.17, 15) is 9.59 Å². The zero-order chi connectivity index (χ0) is 12.0. The molecule has 1 aliphatic heterocycles. The largest absolute Gasteiger partial charge is 0.378 e. The molecule has 0 aromatic heterocycles. The monoisotopic (exact) mass is 228 g/mol. The van der Waals surface area contributed by atoms with Crippen molar-refractivity contribution in [3.8, 4) is 0 Å². The second kappa shape index (κ2) is 6.48. The summed E-state index contributed by atoms with van der Waals surface area (Å²) < 4.78 is 5.49. The first-order valence-electron chi connectivity index (χ1n) is 5.77. The molecule has 92 valence electrons. The van der Waals surface area contributed by atoms with Crippen molar-refractivity contribution in [1.29, 1.82) is 0 Å². The van der Waals surface area contributed by atoms with Crippen molar-refractivity contribution in [1.82, 2.24) is 10.6 Å². The molecule has 5 nitrogen and oxygen atoms in total. The number of hydrogen-bond acceptors (Lipinski definition) is 3. The predicted molar refractivity (Wildman–Crippen MR) is 59.8 cm³/mol. The van der Waals surface area contributed by atoms with Gasteiger partial charge in [-0.15, -0.1) is 0 Å². The second-order valence-corrected chi connectivity index (χ2v) is 4.01. The van der Waals surface area contributed by atoms with Gasteiger partial charge in [-0.1, -0.05) is 6.92 Å². The van der Waals surface area contributed by atoms with Gasteiger partial charge in [-0.3, -0.25) is 9.59 Å². The summed E-state index contributed by atoms with van der Waals surface area (Å²) in [6, 6.07) is 0.